The van der Waals surface area contributed by atoms with Crippen LogP contribution in [0.4, 0.5) is 5.69 Å². The number of carbonyl (C=O) groups is 2. The number of nitrogens with one attached hydrogen (secondary N) is 1. The zero-order valence-electron chi connectivity index (χ0n) is 11.1. The van der Waals surface area contributed by atoms with Crippen LogP contribution in [0.3, 0.4) is 0 Å². The van der Waals surface area contributed by atoms with Gasteiger partial charge in [-0.2, -0.15) is 5.10 Å². The molecular formula is C12H18N4O3. The fraction of sp³-hybridized carbons (Fsp3) is 0.583. The monoisotopic (exact) mass is 266 g/mol. The molecule has 1 N–H and O–H groups in total. The Morgan fingerprint density at radius 1 is 1.63 bits per heavy atom. The van der Waals surface area contributed by atoms with E-state index in [0.29, 0.717) is 19.7 Å². The highest BCUT2D eigenvalue weighted by atomic mass is 16.5. The minimum atomic E-state index is -0.301. The second-order valence-electron chi connectivity index (χ2n) is 4.56. The first-order valence-corrected chi connectivity index (χ1v) is 6.17. The molecular weight excluding hydrogens is 248 g/mol. The molecule has 2 heterocycles. The van der Waals surface area contributed by atoms with Crippen molar-refractivity contribution in [3.8, 4) is 0 Å². The van der Waals surface area contributed by atoms with E-state index >= 15 is 0 Å². The highest BCUT2D eigenvalue weighted by Crippen LogP contribution is 2.24. The lowest BCUT2D eigenvalue weighted by Gasteiger charge is -2.14. The Bertz CT molecular complexity index is 471. The Morgan fingerprint density at radius 2 is 2.42 bits per heavy atom. The third-order valence-corrected chi connectivity index (χ3v) is 3.10. The largest absolute Gasteiger partial charge is 0.383 e. The van der Waals surface area contributed by atoms with Crippen LogP contribution >= 0.6 is 0 Å². The molecule has 1 saturated heterocycles. The Kier molecular flexibility index (Phi) is 4.16. The van der Waals surface area contributed by atoms with Crippen LogP contribution in [0.5, 0.6) is 0 Å². The smallest absolute Gasteiger partial charge is 0.227 e. The molecule has 0 aromatic carbocycles. The minimum absolute atomic E-state index is 0.0418. The number of anilines is 1. The summed E-state index contributed by atoms with van der Waals surface area (Å²) < 4.78 is 6.50. The predicted molar refractivity (Wildman–Crippen MR) is 68.6 cm³/mol. The maximum absolute atomic E-state index is 11.9. The first-order chi connectivity index (χ1) is 9.11. The van der Waals surface area contributed by atoms with Gasteiger partial charge in [-0.15, -0.1) is 0 Å². The molecule has 0 bridgehead atoms. The molecule has 7 nitrogen and oxygen atoms in total. The summed E-state index contributed by atoms with van der Waals surface area (Å²) in [5.74, 6) is -0.443. The summed E-state index contributed by atoms with van der Waals surface area (Å²) in [6.45, 7) is 1.34. The molecule has 104 valence electrons. The van der Waals surface area contributed by atoms with Crippen molar-refractivity contribution in [2.45, 2.75) is 6.42 Å². The van der Waals surface area contributed by atoms with Gasteiger partial charge in [-0.05, 0) is 0 Å². The molecule has 0 aliphatic carbocycles. The quantitative estimate of drug-likeness (QED) is 0.731. The SMILES string of the molecule is COCCNC(=O)C1CC(=O)N(c2cnn(C)c2)C1. The molecule has 7 heteroatoms. The lowest BCUT2D eigenvalue weighted by Crippen LogP contribution is -2.34. The van der Waals surface area contributed by atoms with Crippen molar-refractivity contribution < 1.29 is 14.3 Å². The van der Waals surface area contributed by atoms with Crippen LogP contribution in [0.25, 0.3) is 0 Å². The number of amides is 2. The van der Waals surface area contributed by atoms with Crippen molar-refractivity contribution in [3.05, 3.63) is 12.4 Å². The number of hydrogen-bond acceptors (Lipinski definition) is 4. The molecule has 0 radical (unpaired) electrons. The topological polar surface area (TPSA) is 76.5 Å². The van der Waals surface area contributed by atoms with Gasteiger partial charge in [0.05, 0.1) is 24.4 Å². The molecule has 1 aromatic rings. The van der Waals surface area contributed by atoms with Crippen LogP contribution in [-0.2, 0) is 21.4 Å². The molecule has 0 saturated carbocycles. The van der Waals surface area contributed by atoms with Crippen molar-refractivity contribution >= 4 is 17.5 Å². The van der Waals surface area contributed by atoms with Crippen LogP contribution in [0.2, 0.25) is 0 Å². The van der Waals surface area contributed by atoms with E-state index in [1.165, 1.54) is 0 Å². The van der Waals surface area contributed by atoms with Gasteiger partial charge < -0.3 is 15.0 Å². The van der Waals surface area contributed by atoms with Gasteiger partial charge in [0.15, 0.2) is 0 Å². The lowest BCUT2D eigenvalue weighted by atomic mass is 10.1. The van der Waals surface area contributed by atoms with Crippen molar-refractivity contribution in [3.63, 3.8) is 0 Å². The first-order valence-electron chi connectivity index (χ1n) is 6.17. The third kappa shape index (κ3) is 3.11. The van der Waals surface area contributed by atoms with Gasteiger partial charge in [0.2, 0.25) is 11.8 Å². The summed E-state index contributed by atoms with van der Waals surface area (Å²) >= 11 is 0. The van der Waals surface area contributed by atoms with E-state index in [4.69, 9.17) is 4.74 Å². The van der Waals surface area contributed by atoms with E-state index in [9.17, 15) is 9.59 Å². The molecule has 1 aliphatic rings. The number of aromatic nitrogens is 2. The molecule has 2 rings (SSSR count). The van der Waals surface area contributed by atoms with Crippen molar-refractivity contribution in [1.29, 1.82) is 0 Å². The van der Waals surface area contributed by atoms with Gasteiger partial charge >= 0.3 is 0 Å². The second-order valence-corrected chi connectivity index (χ2v) is 4.56. The lowest BCUT2D eigenvalue weighted by molar-refractivity contribution is -0.126. The van der Waals surface area contributed by atoms with Crippen molar-refractivity contribution in [2.75, 3.05) is 31.7 Å². The Hall–Kier alpha value is -1.89. The maximum atomic E-state index is 11.9. The minimum Gasteiger partial charge on any atom is -0.383 e. The van der Waals surface area contributed by atoms with E-state index in [0.717, 1.165) is 5.69 Å². The molecule has 1 aliphatic heterocycles. The highest BCUT2D eigenvalue weighted by Gasteiger charge is 2.35. The zero-order valence-corrected chi connectivity index (χ0v) is 11.1. The molecule has 1 fully saturated rings. The predicted octanol–water partition coefficient (Wildman–Crippen LogP) is -0.464. The summed E-state index contributed by atoms with van der Waals surface area (Å²) in [6, 6.07) is 0. The summed E-state index contributed by atoms with van der Waals surface area (Å²) in [5, 5.41) is 6.79. The number of hydrogen-bond donors (Lipinski definition) is 1. The first kappa shape index (κ1) is 13.5. The zero-order chi connectivity index (χ0) is 13.8. The molecule has 0 spiro atoms. The number of ether oxygens (including phenoxy) is 1. The van der Waals surface area contributed by atoms with Crippen molar-refractivity contribution in [1.82, 2.24) is 15.1 Å². The van der Waals surface area contributed by atoms with E-state index < -0.39 is 0 Å². The van der Waals surface area contributed by atoms with E-state index in [-0.39, 0.29) is 24.2 Å². The van der Waals surface area contributed by atoms with Gasteiger partial charge in [0, 0.05) is 39.9 Å². The molecule has 1 unspecified atom stereocenters. The fourth-order valence-corrected chi connectivity index (χ4v) is 2.10. The van der Waals surface area contributed by atoms with Crippen LogP contribution < -0.4 is 10.2 Å². The fourth-order valence-electron chi connectivity index (χ4n) is 2.10. The van der Waals surface area contributed by atoms with E-state index in [1.807, 2.05) is 0 Å². The average molecular weight is 266 g/mol. The van der Waals surface area contributed by atoms with Crippen LogP contribution in [0, 0.1) is 5.92 Å². The summed E-state index contributed by atoms with van der Waals surface area (Å²) in [4.78, 5) is 25.4. The molecule has 19 heavy (non-hydrogen) atoms. The summed E-state index contributed by atoms with van der Waals surface area (Å²) in [6.07, 6.45) is 3.64. The van der Waals surface area contributed by atoms with Gasteiger partial charge in [-0.25, -0.2) is 0 Å². The van der Waals surface area contributed by atoms with Gasteiger partial charge in [-0.3, -0.25) is 14.3 Å². The number of methoxy groups -OCH3 is 1. The Balaban J connectivity index is 1.93. The Morgan fingerprint density at radius 3 is 3.05 bits per heavy atom. The standard InChI is InChI=1S/C12H18N4O3/c1-15-8-10(6-14-15)16-7-9(5-11(16)17)12(18)13-3-4-19-2/h6,8-9H,3-5,7H2,1-2H3,(H,13,18). The highest BCUT2D eigenvalue weighted by molar-refractivity contribution is 6.00. The molecule has 1 aromatic heterocycles. The van der Waals surface area contributed by atoms with E-state index in [2.05, 4.69) is 10.4 Å². The van der Waals surface area contributed by atoms with Crippen LogP contribution in [-0.4, -0.2) is 48.4 Å². The summed E-state index contributed by atoms with van der Waals surface area (Å²) in [7, 11) is 3.37. The van der Waals surface area contributed by atoms with Gasteiger partial charge in [-0.1, -0.05) is 0 Å². The number of nitrogens with zero attached hydrogens (tertiary/aromatic N) is 3. The maximum Gasteiger partial charge on any atom is 0.227 e. The van der Waals surface area contributed by atoms with Crippen LogP contribution in [0.1, 0.15) is 6.42 Å². The molecule has 2 amide bonds. The summed E-state index contributed by atoms with van der Waals surface area (Å²) in [5.41, 5.74) is 0.736. The number of aryl methyl sites for hydroxylation is 1. The number of rotatable bonds is 5. The van der Waals surface area contributed by atoms with Gasteiger partial charge in [0.1, 0.15) is 0 Å². The van der Waals surface area contributed by atoms with E-state index in [1.54, 1.807) is 36.1 Å². The average Bonchev–Trinajstić information content (AvgIpc) is 2.95. The second kappa shape index (κ2) is 5.83. The normalized spacial score (nSPS) is 18.9. The number of carbonyl (C=O) groups excluding carboxylic acids is 2. The van der Waals surface area contributed by atoms with Crippen LogP contribution in [0.15, 0.2) is 12.4 Å². The molecule has 1 atom stereocenters. The van der Waals surface area contributed by atoms with Crippen molar-refractivity contribution in [2.24, 2.45) is 13.0 Å². The third-order valence-electron chi connectivity index (χ3n) is 3.10. The van der Waals surface area contributed by atoms with Gasteiger partial charge in [0.25, 0.3) is 0 Å². The Labute approximate surface area is 111 Å².